The van der Waals surface area contributed by atoms with Gasteiger partial charge in [0.15, 0.2) is 0 Å². The third kappa shape index (κ3) is 2.35. The van der Waals surface area contributed by atoms with E-state index in [-0.39, 0.29) is 5.60 Å². The van der Waals surface area contributed by atoms with E-state index in [4.69, 9.17) is 4.74 Å². The van der Waals surface area contributed by atoms with E-state index in [2.05, 4.69) is 32.7 Å². The maximum absolute atomic E-state index is 5.74. The maximum atomic E-state index is 5.74. The zero-order valence-corrected chi connectivity index (χ0v) is 12.2. The third-order valence-corrected chi connectivity index (χ3v) is 5.34. The zero-order valence-electron chi connectivity index (χ0n) is 9.75. The molecule has 1 saturated carbocycles. The molecule has 1 unspecified atom stereocenters. The Morgan fingerprint density at radius 3 is 2.75 bits per heavy atom. The first-order valence-electron chi connectivity index (χ1n) is 5.65. The Morgan fingerprint density at radius 1 is 1.62 bits per heavy atom. The number of thiophene rings is 1. The van der Waals surface area contributed by atoms with Crippen LogP contribution in [-0.2, 0) is 11.2 Å². The lowest BCUT2D eigenvalue weighted by Crippen LogP contribution is -2.56. The van der Waals surface area contributed by atoms with Crippen LogP contribution in [0, 0.1) is 0 Å². The standard InChI is InChI=1S/C12H18BrNOS/c1-14-11(12(15-2)4-3-5-12)7-10-6-9(13)8-16-10/h6,8,11,14H,3-5,7H2,1-2H3. The second-order valence-electron chi connectivity index (χ2n) is 4.40. The van der Waals surface area contributed by atoms with Crippen LogP contribution in [0.1, 0.15) is 24.1 Å². The minimum absolute atomic E-state index is 0.0746. The molecule has 90 valence electrons. The Balaban J connectivity index is 2.05. The molecule has 1 N–H and O–H groups in total. The highest BCUT2D eigenvalue weighted by atomic mass is 79.9. The summed E-state index contributed by atoms with van der Waals surface area (Å²) in [6.07, 6.45) is 4.71. The van der Waals surface area contributed by atoms with Gasteiger partial charge in [0.1, 0.15) is 0 Å². The highest BCUT2D eigenvalue weighted by molar-refractivity contribution is 9.10. The van der Waals surface area contributed by atoms with Gasteiger partial charge in [-0.2, -0.15) is 0 Å². The fourth-order valence-electron chi connectivity index (χ4n) is 2.43. The smallest absolute Gasteiger partial charge is 0.0834 e. The quantitative estimate of drug-likeness (QED) is 0.902. The highest BCUT2D eigenvalue weighted by Crippen LogP contribution is 2.39. The molecule has 0 aromatic carbocycles. The van der Waals surface area contributed by atoms with Crippen molar-refractivity contribution in [1.82, 2.24) is 5.32 Å². The maximum Gasteiger partial charge on any atom is 0.0834 e. The summed E-state index contributed by atoms with van der Waals surface area (Å²) in [6, 6.07) is 2.63. The van der Waals surface area contributed by atoms with Crippen LogP contribution in [0.4, 0.5) is 0 Å². The van der Waals surface area contributed by atoms with Crippen molar-refractivity contribution in [3.05, 3.63) is 20.8 Å². The first-order valence-corrected chi connectivity index (χ1v) is 7.33. The predicted octanol–water partition coefficient (Wildman–Crippen LogP) is 3.21. The summed E-state index contributed by atoms with van der Waals surface area (Å²) in [5.74, 6) is 0. The molecule has 1 fully saturated rings. The predicted molar refractivity (Wildman–Crippen MR) is 72.2 cm³/mol. The van der Waals surface area contributed by atoms with Gasteiger partial charge in [-0.3, -0.25) is 0 Å². The lowest BCUT2D eigenvalue weighted by Gasteiger charge is -2.46. The molecule has 0 saturated heterocycles. The fourth-order valence-corrected chi connectivity index (χ4v) is 3.93. The van der Waals surface area contributed by atoms with Gasteiger partial charge in [-0.1, -0.05) is 0 Å². The number of likely N-dealkylation sites (N-methyl/N-ethyl adjacent to an activating group) is 1. The third-order valence-electron chi connectivity index (χ3n) is 3.62. The number of ether oxygens (including phenoxy) is 1. The molecule has 1 aliphatic rings. The fraction of sp³-hybridized carbons (Fsp3) is 0.667. The van der Waals surface area contributed by atoms with E-state index in [1.54, 1.807) is 0 Å². The van der Waals surface area contributed by atoms with E-state index in [0.29, 0.717) is 6.04 Å². The van der Waals surface area contributed by atoms with E-state index < -0.39 is 0 Å². The number of rotatable bonds is 5. The van der Waals surface area contributed by atoms with E-state index in [1.165, 1.54) is 28.6 Å². The number of hydrogen-bond donors (Lipinski definition) is 1. The van der Waals surface area contributed by atoms with Crippen LogP contribution in [0.3, 0.4) is 0 Å². The molecule has 2 rings (SSSR count). The summed E-state index contributed by atoms with van der Waals surface area (Å²) < 4.78 is 6.92. The zero-order chi connectivity index (χ0) is 11.6. The average molecular weight is 304 g/mol. The average Bonchev–Trinajstić information content (AvgIpc) is 2.61. The van der Waals surface area contributed by atoms with Crippen molar-refractivity contribution >= 4 is 27.3 Å². The van der Waals surface area contributed by atoms with E-state index in [0.717, 1.165) is 6.42 Å². The van der Waals surface area contributed by atoms with Crippen LogP contribution >= 0.6 is 27.3 Å². The van der Waals surface area contributed by atoms with Crippen LogP contribution in [0.15, 0.2) is 15.9 Å². The molecule has 1 aromatic heterocycles. The van der Waals surface area contributed by atoms with Crippen molar-refractivity contribution < 1.29 is 4.74 Å². The number of halogens is 1. The Kier molecular flexibility index (Phi) is 4.06. The Bertz CT molecular complexity index is 343. The van der Waals surface area contributed by atoms with Gasteiger partial charge in [0.25, 0.3) is 0 Å². The van der Waals surface area contributed by atoms with Crippen LogP contribution in [0.25, 0.3) is 0 Å². The molecule has 2 nitrogen and oxygen atoms in total. The topological polar surface area (TPSA) is 21.3 Å². The van der Waals surface area contributed by atoms with Crippen LogP contribution in [0.2, 0.25) is 0 Å². The van der Waals surface area contributed by atoms with Crippen molar-refractivity contribution in [2.24, 2.45) is 0 Å². The van der Waals surface area contributed by atoms with E-state index in [9.17, 15) is 0 Å². The number of hydrogen-bond acceptors (Lipinski definition) is 3. The molecular formula is C12H18BrNOS. The first kappa shape index (κ1) is 12.6. The number of methoxy groups -OCH3 is 1. The Hall–Kier alpha value is 0.1000. The molecule has 16 heavy (non-hydrogen) atoms. The number of nitrogens with one attached hydrogen (secondary N) is 1. The van der Waals surface area contributed by atoms with Gasteiger partial charge in [0.05, 0.1) is 5.60 Å². The van der Waals surface area contributed by atoms with Crippen LogP contribution in [-0.4, -0.2) is 25.8 Å². The summed E-state index contributed by atoms with van der Waals surface area (Å²) in [5, 5.41) is 5.56. The van der Waals surface area contributed by atoms with Gasteiger partial charge >= 0.3 is 0 Å². The second kappa shape index (κ2) is 5.17. The van der Waals surface area contributed by atoms with E-state index >= 15 is 0 Å². The summed E-state index contributed by atoms with van der Waals surface area (Å²) in [5.41, 5.74) is 0.0746. The Labute approximate surface area is 110 Å². The Morgan fingerprint density at radius 2 is 2.38 bits per heavy atom. The lowest BCUT2D eigenvalue weighted by atomic mass is 9.73. The summed E-state index contributed by atoms with van der Waals surface area (Å²) in [7, 11) is 3.88. The van der Waals surface area contributed by atoms with Gasteiger partial charge in [-0.05, 0) is 54.7 Å². The highest BCUT2D eigenvalue weighted by Gasteiger charge is 2.43. The SMILES string of the molecule is CNC(Cc1cc(Br)cs1)C1(OC)CCC1. The van der Waals surface area contributed by atoms with Gasteiger partial charge in [-0.25, -0.2) is 0 Å². The molecule has 0 radical (unpaired) electrons. The molecule has 0 spiro atoms. The first-order chi connectivity index (χ1) is 7.70. The lowest BCUT2D eigenvalue weighted by molar-refractivity contribution is -0.0965. The van der Waals surface area contributed by atoms with Gasteiger partial charge in [0.2, 0.25) is 0 Å². The van der Waals surface area contributed by atoms with Crippen molar-refractivity contribution in [1.29, 1.82) is 0 Å². The minimum atomic E-state index is 0.0746. The van der Waals surface area contributed by atoms with Gasteiger partial charge in [0, 0.05) is 27.9 Å². The molecule has 0 bridgehead atoms. The van der Waals surface area contributed by atoms with Crippen LogP contribution < -0.4 is 5.32 Å². The normalized spacial score (nSPS) is 20.4. The largest absolute Gasteiger partial charge is 0.377 e. The summed E-state index contributed by atoms with van der Waals surface area (Å²) in [4.78, 5) is 1.41. The van der Waals surface area contributed by atoms with Gasteiger partial charge < -0.3 is 10.1 Å². The monoisotopic (exact) mass is 303 g/mol. The molecular weight excluding hydrogens is 286 g/mol. The second-order valence-corrected chi connectivity index (χ2v) is 6.31. The van der Waals surface area contributed by atoms with Crippen LogP contribution in [0.5, 0.6) is 0 Å². The summed E-state index contributed by atoms with van der Waals surface area (Å²) in [6.45, 7) is 0. The van der Waals surface area contributed by atoms with E-state index in [1.807, 2.05) is 25.5 Å². The molecule has 0 aliphatic heterocycles. The van der Waals surface area contributed by atoms with Crippen molar-refractivity contribution in [2.75, 3.05) is 14.2 Å². The van der Waals surface area contributed by atoms with Crippen molar-refractivity contribution in [2.45, 2.75) is 37.3 Å². The van der Waals surface area contributed by atoms with Crippen molar-refractivity contribution in [3.8, 4) is 0 Å². The van der Waals surface area contributed by atoms with Gasteiger partial charge in [-0.15, -0.1) is 11.3 Å². The summed E-state index contributed by atoms with van der Waals surface area (Å²) >= 11 is 5.31. The molecule has 1 aliphatic carbocycles. The molecule has 1 heterocycles. The molecule has 1 atom stereocenters. The molecule has 1 aromatic rings. The molecule has 4 heteroatoms. The minimum Gasteiger partial charge on any atom is -0.377 e. The van der Waals surface area contributed by atoms with Crippen molar-refractivity contribution in [3.63, 3.8) is 0 Å². The molecule has 0 amide bonds.